The quantitative estimate of drug-likeness (QED) is 0.835. The lowest BCUT2D eigenvalue weighted by molar-refractivity contribution is 0.00635. The molecule has 1 aromatic rings. The first-order valence-electron chi connectivity index (χ1n) is 5.69. The van der Waals surface area contributed by atoms with E-state index in [1.165, 1.54) is 27.7 Å². The van der Waals surface area contributed by atoms with Crippen LogP contribution in [-0.4, -0.2) is 24.7 Å². The van der Waals surface area contributed by atoms with E-state index in [9.17, 15) is 26.7 Å². The van der Waals surface area contributed by atoms with E-state index in [1.54, 1.807) is 0 Å². The highest BCUT2D eigenvalue weighted by Gasteiger charge is 2.39. The fourth-order valence-corrected chi connectivity index (χ4v) is 2.84. The van der Waals surface area contributed by atoms with E-state index in [1.807, 2.05) is 0 Å². The smallest absolute Gasteiger partial charge is 0.244 e. The minimum absolute atomic E-state index is 0.518. The second-order valence-corrected chi connectivity index (χ2v) is 7.11. The zero-order valence-electron chi connectivity index (χ0n) is 11.5. The van der Waals surface area contributed by atoms with E-state index in [2.05, 4.69) is 4.72 Å². The summed E-state index contributed by atoms with van der Waals surface area (Å²) in [4.78, 5) is -1.02. The summed E-state index contributed by atoms with van der Waals surface area (Å²) in [6.45, 7) is 5.47. The van der Waals surface area contributed by atoms with Crippen LogP contribution in [0.4, 0.5) is 13.2 Å². The normalized spacial score (nSPS) is 13.6. The largest absolute Gasteiger partial charge is 0.389 e. The van der Waals surface area contributed by atoms with Crippen LogP contribution in [0.1, 0.15) is 27.7 Å². The van der Waals surface area contributed by atoms with Gasteiger partial charge in [0.2, 0.25) is 10.0 Å². The Kier molecular flexibility index (Phi) is 4.24. The molecule has 0 aliphatic carbocycles. The van der Waals surface area contributed by atoms with Crippen molar-refractivity contribution in [3.63, 3.8) is 0 Å². The van der Waals surface area contributed by atoms with Crippen LogP contribution < -0.4 is 4.72 Å². The van der Waals surface area contributed by atoms with Crippen molar-refractivity contribution < 1.29 is 26.7 Å². The zero-order chi connectivity index (χ0) is 15.9. The molecule has 20 heavy (non-hydrogen) atoms. The zero-order valence-corrected chi connectivity index (χ0v) is 12.3. The van der Waals surface area contributed by atoms with Crippen molar-refractivity contribution in [1.29, 1.82) is 0 Å². The van der Waals surface area contributed by atoms with Gasteiger partial charge in [-0.3, -0.25) is 0 Å². The maximum absolute atomic E-state index is 13.5. The highest BCUT2D eigenvalue weighted by Crippen LogP contribution is 2.25. The molecule has 0 fully saturated rings. The number of sulfonamides is 1. The van der Waals surface area contributed by atoms with Crippen LogP contribution in [0.25, 0.3) is 0 Å². The predicted molar refractivity (Wildman–Crippen MR) is 67.0 cm³/mol. The predicted octanol–water partition coefficient (Wildman–Crippen LogP) is 1.93. The van der Waals surface area contributed by atoms with Gasteiger partial charge in [0.25, 0.3) is 0 Å². The summed E-state index contributed by atoms with van der Waals surface area (Å²) >= 11 is 0. The molecule has 0 bridgehead atoms. The van der Waals surface area contributed by atoms with Crippen LogP contribution in [0.3, 0.4) is 0 Å². The summed E-state index contributed by atoms with van der Waals surface area (Å²) in [5.41, 5.74) is -2.82. The molecule has 1 aromatic carbocycles. The van der Waals surface area contributed by atoms with Crippen LogP contribution in [0.15, 0.2) is 17.0 Å². The fraction of sp³-hybridized carbons (Fsp3) is 0.500. The van der Waals surface area contributed by atoms with Crippen molar-refractivity contribution in [2.24, 2.45) is 0 Å². The molecule has 0 amide bonds. The lowest BCUT2D eigenvalue weighted by Gasteiger charge is -2.37. The molecular formula is C12H16F3NO3S. The molecule has 0 radical (unpaired) electrons. The minimum Gasteiger partial charge on any atom is -0.389 e. The SMILES string of the molecule is CC(C)(O)C(C)(C)NS(=O)(=O)c1ccc(F)c(F)c1F. The first-order valence-corrected chi connectivity index (χ1v) is 7.18. The summed E-state index contributed by atoms with van der Waals surface area (Å²) in [7, 11) is -4.46. The van der Waals surface area contributed by atoms with Crippen LogP contribution in [-0.2, 0) is 10.0 Å². The topological polar surface area (TPSA) is 66.4 Å². The third-order valence-electron chi connectivity index (χ3n) is 3.21. The van der Waals surface area contributed by atoms with Crippen molar-refractivity contribution in [2.45, 2.75) is 43.7 Å². The van der Waals surface area contributed by atoms with Gasteiger partial charge in [-0.25, -0.2) is 26.3 Å². The van der Waals surface area contributed by atoms with Gasteiger partial charge >= 0.3 is 0 Å². The second kappa shape index (κ2) is 5.01. The maximum atomic E-state index is 13.5. The number of rotatable bonds is 4. The standard InChI is InChI=1S/C12H16F3NO3S/c1-11(2,12(3,4)17)16-20(18,19)8-6-5-7(13)9(14)10(8)15/h5-6,16-17H,1-4H3. The van der Waals surface area contributed by atoms with Crippen molar-refractivity contribution in [1.82, 2.24) is 4.72 Å². The number of aliphatic hydroxyl groups is 1. The molecule has 0 saturated heterocycles. The average molecular weight is 311 g/mol. The van der Waals surface area contributed by atoms with E-state index in [0.29, 0.717) is 12.1 Å². The molecule has 114 valence electrons. The third-order valence-corrected chi connectivity index (χ3v) is 4.88. The Bertz CT molecular complexity index is 622. The van der Waals surface area contributed by atoms with E-state index >= 15 is 0 Å². The van der Waals surface area contributed by atoms with E-state index in [0.717, 1.165) is 0 Å². The number of hydrogen-bond acceptors (Lipinski definition) is 3. The van der Waals surface area contributed by atoms with Gasteiger partial charge in [0.05, 0.1) is 11.1 Å². The van der Waals surface area contributed by atoms with Gasteiger partial charge in [-0.15, -0.1) is 0 Å². The Hall–Kier alpha value is -1.12. The highest BCUT2D eigenvalue weighted by molar-refractivity contribution is 7.89. The average Bonchev–Trinajstić information content (AvgIpc) is 2.22. The first-order chi connectivity index (χ1) is 8.79. The number of nitrogens with one attached hydrogen (secondary N) is 1. The maximum Gasteiger partial charge on any atom is 0.244 e. The molecule has 1 rings (SSSR count). The van der Waals surface area contributed by atoms with Gasteiger partial charge in [0.1, 0.15) is 4.90 Å². The molecule has 0 aliphatic rings. The van der Waals surface area contributed by atoms with Gasteiger partial charge in [-0.05, 0) is 39.8 Å². The number of benzene rings is 1. The summed E-state index contributed by atoms with van der Waals surface area (Å²) in [6.07, 6.45) is 0. The van der Waals surface area contributed by atoms with Crippen molar-refractivity contribution in [3.8, 4) is 0 Å². The Morgan fingerprint density at radius 1 is 1.05 bits per heavy atom. The lowest BCUT2D eigenvalue weighted by atomic mass is 9.87. The van der Waals surface area contributed by atoms with Gasteiger partial charge in [-0.2, -0.15) is 0 Å². The molecule has 2 N–H and O–H groups in total. The van der Waals surface area contributed by atoms with E-state index < -0.39 is 43.5 Å². The molecule has 8 heteroatoms. The fourth-order valence-electron chi connectivity index (χ4n) is 1.23. The molecule has 0 spiro atoms. The molecule has 0 aliphatic heterocycles. The Morgan fingerprint density at radius 2 is 1.55 bits per heavy atom. The van der Waals surface area contributed by atoms with Crippen molar-refractivity contribution in [2.75, 3.05) is 0 Å². The molecule has 4 nitrogen and oxygen atoms in total. The monoisotopic (exact) mass is 311 g/mol. The van der Waals surface area contributed by atoms with Gasteiger partial charge < -0.3 is 5.11 Å². The Morgan fingerprint density at radius 3 is 2.00 bits per heavy atom. The van der Waals surface area contributed by atoms with Gasteiger partial charge in [0.15, 0.2) is 17.5 Å². The summed E-state index contributed by atoms with van der Waals surface area (Å²) in [5, 5.41) is 9.87. The van der Waals surface area contributed by atoms with Gasteiger partial charge in [-0.1, -0.05) is 0 Å². The Balaban J connectivity index is 3.30. The molecule has 0 aromatic heterocycles. The highest BCUT2D eigenvalue weighted by atomic mass is 32.2. The van der Waals surface area contributed by atoms with Crippen LogP contribution in [0, 0.1) is 17.5 Å². The molecule has 0 saturated carbocycles. The van der Waals surface area contributed by atoms with Crippen LogP contribution in [0.2, 0.25) is 0 Å². The van der Waals surface area contributed by atoms with E-state index in [4.69, 9.17) is 0 Å². The van der Waals surface area contributed by atoms with Crippen LogP contribution in [0.5, 0.6) is 0 Å². The first kappa shape index (κ1) is 16.9. The minimum atomic E-state index is -4.46. The molecule has 0 unspecified atom stereocenters. The number of hydrogen-bond donors (Lipinski definition) is 2. The second-order valence-electron chi connectivity index (χ2n) is 5.46. The Labute approximate surface area is 115 Å². The molecular weight excluding hydrogens is 295 g/mol. The third kappa shape index (κ3) is 3.13. The summed E-state index contributed by atoms with van der Waals surface area (Å²) in [5.74, 6) is -5.15. The molecule has 0 heterocycles. The van der Waals surface area contributed by atoms with Crippen LogP contribution >= 0.6 is 0 Å². The van der Waals surface area contributed by atoms with Crippen molar-refractivity contribution in [3.05, 3.63) is 29.6 Å². The number of halogens is 3. The lowest BCUT2D eigenvalue weighted by Crippen LogP contribution is -2.57. The van der Waals surface area contributed by atoms with Gasteiger partial charge in [0, 0.05) is 0 Å². The van der Waals surface area contributed by atoms with Crippen molar-refractivity contribution >= 4 is 10.0 Å². The molecule has 0 atom stereocenters. The summed E-state index contributed by atoms with van der Waals surface area (Å²) < 4.78 is 65.6. The summed E-state index contributed by atoms with van der Waals surface area (Å²) in [6, 6.07) is 1.14. The van der Waals surface area contributed by atoms with E-state index in [-0.39, 0.29) is 0 Å².